The summed E-state index contributed by atoms with van der Waals surface area (Å²) in [6.07, 6.45) is 0. The van der Waals surface area contributed by atoms with Gasteiger partial charge in [0, 0.05) is 5.56 Å². The number of rotatable bonds is 4. The lowest BCUT2D eigenvalue weighted by Gasteiger charge is -2.13. The molecule has 0 aliphatic heterocycles. The van der Waals surface area contributed by atoms with Crippen LogP contribution < -0.4 is 10.1 Å². The lowest BCUT2D eigenvalue weighted by molar-refractivity contribution is 0.102. The van der Waals surface area contributed by atoms with Gasteiger partial charge in [-0.15, -0.1) is 0 Å². The predicted molar refractivity (Wildman–Crippen MR) is 86.5 cm³/mol. The van der Waals surface area contributed by atoms with E-state index in [0.717, 1.165) is 11.1 Å². The van der Waals surface area contributed by atoms with Crippen LogP contribution in [0.15, 0.2) is 18.2 Å². The van der Waals surface area contributed by atoms with Crippen molar-refractivity contribution in [1.29, 1.82) is 0 Å². The molecule has 2 aromatic rings. The van der Waals surface area contributed by atoms with Crippen LogP contribution in [0.4, 0.5) is 5.69 Å². The van der Waals surface area contributed by atoms with Gasteiger partial charge in [0.1, 0.15) is 0 Å². The number of benzene rings is 1. The van der Waals surface area contributed by atoms with E-state index >= 15 is 0 Å². The quantitative estimate of drug-likeness (QED) is 0.940. The average Bonchev–Trinajstić information content (AvgIpc) is 2.45. The van der Waals surface area contributed by atoms with Gasteiger partial charge in [0.2, 0.25) is 0 Å². The molecule has 5 heteroatoms. The van der Waals surface area contributed by atoms with E-state index < -0.39 is 0 Å². The van der Waals surface area contributed by atoms with E-state index in [9.17, 15) is 4.79 Å². The number of anilines is 1. The van der Waals surface area contributed by atoms with E-state index in [0.29, 0.717) is 35.3 Å². The Morgan fingerprint density at radius 1 is 1.14 bits per heavy atom. The van der Waals surface area contributed by atoms with E-state index in [1.807, 2.05) is 52.8 Å². The third kappa shape index (κ3) is 3.42. The Kier molecular flexibility index (Phi) is 4.75. The average molecular weight is 299 g/mol. The van der Waals surface area contributed by atoms with Crippen molar-refractivity contribution in [2.24, 2.45) is 0 Å². The van der Waals surface area contributed by atoms with E-state index in [2.05, 4.69) is 15.3 Å². The summed E-state index contributed by atoms with van der Waals surface area (Å²) in [7, 11) is 0. The zero-order chi connectivity index (χ0) is 16.3. The molecular formula is C17H21N3O2. The molecule has 0 fully saturated rings. The van der Waals surface area contributed by atoms with Crippen molar-refractivity contribution < 1.29 is 9.53 Å². The number of amides is 1. The topological polar surface area (TPSA) is 64.1 Å². The molecule has 0 spiro atoms. The van der Waals surface area contributed by atoms with Gasteiger partial charge in [0.05, 0.1) is 23.7 Å². The van der Waals surface area contributed by atoms with Gasteiger partial charge in [0.25, 0.3) is 5.91 Å². The number of carbonyl (C=O) groups excluding carboxylic acids is 1. The number of nitrogens with zero attached hydrogens (tertiary/aromatic N) is 2. The van der Waals surface area contributed by atoms with Crippen molar-refractivity contribution in [3.05, 3.63) is 46.3 Å². The maximum atomic E-state index is 12.5. The highest BCUT2D eigenvalue weighted by Crippen LogP contribution is 2.21. The molecule has 1 N–H and O–H groups in total. The minimum atomic E-state index is -0.153. The number of hydrogen-bond acceptors (Lipinski definition) is 4. The first kappa shape index (κ1) is 15.9. The Bertz CT molecular complexity index is 688. The Morgan fingerprint density at radius 3 is 2.36 bits per heavy atom. The van der Waals surface area contributed by atoms with Crippen LogP contribution in [0.2, 0.25) is 0 Å². The molecule has 1 amide bonds. The maximum Gasteiger partial charge on any atom is 0.316 e. The normalized spacial score (nSPS) is 10.4. The molecule has 0 radical (unpaired) electrons. The lowest BCUT2D eigenvalue weighted by atomic mass is 10.0. The van der Waals surface area contributed by atoms with Crippen LogP contribution in [0.5, 0.6) is 6.01 Å². The molecular weight excluding hydrogens is 278 g/mol. The summed E-state index contributed by atoms with van der Waals surface area (Å²) in [5.74, 6) is -0.153. The van der Waals surface area contributed by atoms with Crippen molar-refractivity contribution in [3.8, 4) is 6.01 Å². The van der Waals surface area contributed by atoms with Gasteiger partial charge in [-0.25, -0.2) is 0 Å². The number of aromatic nitrogens is 2. The van der Waals surface area contributed by atoms with Crippen LogP contribution in [-0.4, -0.2) is 22.5 Å². The Balaban J connectivity index is 2.30. The molecule has 0 saturated heterocycles. The van der Waals surface area contributed by atoms with E-state index in [-0.39, 0.29) is 5.91 Å². The Morgan fingerprint density at radius 2 is 1.77 bits per heavy atom. The van der Waals surface area contributed by atoms with E-state index in [1.165, 1.54) is 0 Å². The fraction of sp³-hybridized carbons (Fsp3) is 0.353. The Labute approximate surface area is 130 Å². The van der Waals surface area contributed by atoms with Crippen molar-refractivity contribution in [2.45, 2.75) is 34.6 Å². The van der Waals surface area contributed by atoms with E-state index in [1.54, 1.807) is 0 Å². The maximum absolute atomic E-state index is 12.5. The molecule has 116 valence electrons. The van der Waals surface area contributed by atoms with Crippen molar-refractivity contribution in [2.75, 3.05) is 11.9 Å². The number of carbonyl (C=O) groups is 1. The third-order valence-electron chi connectivity index (χ3n) is 3.40. The molecule has 0 saturated carbocycles. The number of ether oxygens (including phenoxy) is 1. The number of nitrogens with one attached hydrogen (secondary N) is 1. The Hall–Kier alpha value is -2.43. The van der Waals surface area contributed by atoms with Gasteiger partial charge in [-0.2, -0.15) is 9.97 Å². The summed E-state index contributed by atoms with van der Waals surface area (Å²) in [5, 5.41) is 2.91. The van der Waals surface area contributed by atoms with Crippen LogP contribution in [0.25, 0.3) is 0 Å². The number of hydrogen-bond donors (Lipinski definition) is 1. The highest BCUT2D eigenvalue weighted by atomic mass is 16.5. The number of aryl methyl sites for hydroxylation is 4. The summed E-state index contributed by atoms with van der Waals surface area (Å²) < 4.78 is 5.31. The molecule has 2 rings (SSSR count). The smallest absolute Gasteiger partial charge is 0.316 e. The minimum Gasteiger partial charge on any atom is -0.464 e. The van der Waals surface area contributed by atoms with Gasteiger partial charge in [-0.05, 0) is 46.2 Å². The van der Waals surface area contributed by atoms with Gasteiger partial charge in [0.15, 0.2) is 0 Å². The standard InChI is InChI=1S/C17H21N3O2/c1-6-22-17-18-12(4)15(13(5)19-17)20-16(21)14-9-10(2)7-8-11(14)3/h7-9H,6H2,1-5H3,(H,20,21). The van der Waals surface area contributed by atoms with Gasteiger partial charge in [-0.1, -0.05) is 17.7 Å². The summed E-state index contributed by atoms with van der Waals surface area (Å²) in [5.41, 5.74) is 4.66. The predicted octanol–water partition coefficient (Wildman–Crippen LogP) is 3.36. The van der Waals surface area contributed by atoms with Gasteiger partial charge < -0.3 is 10.1 Å². The lowest BCUT2D eigenvalue weighted by Crippen LogP contribution is -2.16. The second kappa shape index (κ2) is 6.56. The fourth-order valence-corrected chi connectivity index (χ4v) is 2.22. The monoisotopic (exact) mass is 299 g/mol. The third-order valence-corrected chi connectivity index (χ3v) is 3.40. The zero-order valence-corrected chi connectivity index (χ0v) is 13.7. The SMILES string of the molecule is CCOc1nc(C)c(NC(=O)c2cc(C)ccc2C)c(C)n1. The molecule has 0 aliphatic rings. The fourth-order valence-electron chi connectivity index (χ4n) is 2.22. The molecule has 0 unspecified atom stereocenters. The van der Waals surface area contributed by atoms with Crippen LogP contribution in [0.1, 0.15) is 39.8 Å². The molecule has 5 nitrogen and oxygen atoms in total. The highest BCUT2D eigenvalue weighted by molar-refractivity contribution is 6.05. The second-order valence-electron chi connectivity index (χ2n) is 5.26. The van der Waals surface area contributed by atoms with Gasteiger partial charge in [-0.3, -0.25) is 4.79 Å². The summed E-state index contributed by atoms with van der Waals surface area (Å²) >= 11 is 0. The van der Waals surface area contributed by atoms with Crippen LogP contribution >= 0.6 is 0 Å². The summed E-state index contributed by atoms with van der Waals surface area (Å²) in [6.45, 7) is 9.93. The first-order valence-electron chi connectivity index (χ1n) is 7.29. The molecule has 0 aliphatic carbocycles. The first-order chi connectivity index (χ1) is 10.4. The largest absolute Gasteiger partial charge is 0.464 e. The van der Waals surface area contributed by atoms with Crippen molar-refractivity contribution >= 4 is 11.6 Å². The second-order valence-corrected chi connectivity index (χ2v) is 5.26. The summed E-state index contributed by atoms with van der Waals surface area (Å²) in [4.78, 5) is 21.0. The summed E-state index contributed by atoms with van der Waals surface area (Å²) in [6, 6.07) is 6.15. The van der Waals surface area contributed by atoms with Crippen molar-refractivity contribution in [1.82, 2.24) is 9.97 Å². The minimum absolute atomic E-state index is 0.153. The van der Waals surface area contributed by atoms with Crippen LogP contribution in [0.3, 0.4) is 0 Å². The molecule has 1 aromatic heterocycles. The molecule has 22 heavy (non-hydrogen) atoms. The molecule has 1 aromatic carbocycles. The molecule has 0 bridgehead atoms. The van der Waals surface area contributed by atoms with E-state index in [4.69, 9.17) is 4.74 Å². The zero-order valence-electron chi connectivity index (χ0n) is 13.7. The highest BCUT2D eigenvalue weighted by Gasteiger charge is 2.15. The van der Waals surface area contributed by atoms with Crippen LogP contribution in [0, 0.1) is 27.7 Å². The van der Waals surface area contributed by atoms with Crippen LogP contribution in [-0.2, 0) is 0 Å². The molecule has 0 atom stereocenters. The molecule has 1 heterocycles. The van der Waals surface area contributed by atoms with Crippen molar-refractivity contribution in [3.63, 3.8) is 0 Å². The van der Waals surface area contributed by atoms with Gasteiger partial charge >= 0.3 is 6.01 Å². The first-order valence-corrected chi connectivity index (χ1v) is 7.29.